The number of rotatable bonds is 6. The van der Waals surface area contributed by atoms with Gasteiger partial charge in [-0.25, -0.2) is 4.68 Å². The summed E-state index contributed by atoms with van der Waals surface area (Å²) >= 11 is 0. The van der Waals surface area contributed by atoms with Crippen LogP contribution in [0.5, 0.6) is 5.75 Å². The number of nitrogens with one attached hydrogen (secondary N) is 1. The highest BCUT2D eigenvalue weighted by atomic mass is 19.3. The van der Waals surface area contributed by atoms with E-state index in [1.807, 2.05) is 0 Å². The van der Waals surface area contributed by atoms with Crippen LogP contribution < -0.4 is 15.6 Å². The second-order valence-electron chi connectivity index (χ2n) is 5.34. The van der Waals surface area contributed by atoms with Crippen molar-refractivity contribution < 1.29 is 18.3 Å². The molecule has 1 heterocycles. The second-order valence-corrected chi connectivity index (χ2v) is 5.34. The Hall–Kier alpha value is -3.36. The minimum atomic E-state index is -2.95. The SMILES string of the molecule is O=C(CCn1nnc2ccccc2c1=O)Nc1cccc(OC(F)F)c1. The number of anilines is 1. The van der Waals surface area contributed by atoms with Crippen LogP contribution in [0.15, 0.2) is 53.3 Å². The Balaban J connectivity index is 1.64. The zero-order valence-corrected chi connectivity index (χ0v) is 13.4. The van der Waals surface area contributed by atoms with Crippen molar-refractivity contribution >= 4 is 22.5 Å². The van der Waals surface area contributed by atoms with E-state index in [0.717, 1.165) is 4.68 Å². The standard InChI is InChI=1S/C17H14F2N4O3/c18-17(19)26-12-5-3-4-11(10-12)20-15(24)8-9-23-16(25)13-6-1-2-7-14(13)21-22-23/h1-7,10,17H,8-9H2,(H,20,24). The minimum Gasteiger partial charge on any atom is -0.435 e. The number of carbonyl (C=O) groups is 1. The highest BCUT2D eigenvalue weighted by molar-refractivity contribution is 5.90. The molecule has 0 unspecified atom stereocenters. The Morgan fingerprint density at radius 1 is 1.19 bits per heavy atom. The van der Waals surface area contributed by atoms with E-state index < -0.39 is 12.5 Å². The molecule has 9 heteroatoms. The van der Waals surface area contributed by atoms with Gasteiger partial charge < -0.3 is 10.1 Å². The van der Waals surface area contributed by atoms with Crippen molar-refractivity contribution in [3.63, 3.8) is 0 Å². The molecule has 3 aromatic rings. The van der Waals surface area contributed by atoms with E-state index in [2.05, 4.69) is 20.4 Å². The van der Waals surface area contributed by atoms with E-state index in [1.165, 1.54) is 24.3 Å². The summed E-state index contributed by atoms with van der Waals surface area (Å²) in [5.74, 6) is -0.463. The van der Waals surface area contributed by atoms with Crippen molar-refractivity contribution in [3.8, 4) is 5.75 Å². The summed E-state index contributed by atoms with van der Waals surface area (Å²) in [5, 5.41) is 10.7. The number of carbonyl (C=O) groups excluding carboxylic acids is 1. The van der Waals surface area contributed by atoms with Gasteiger partial charge in [-0.3, -0.25) is 9.59 Å². The summed E-state index contributed by atoms with van der Waals surface area (Å²) < 4.78 is 29.8. The van der Waals surface area contributed by atoms with Crippen molar-refractivity contribution in [3.05, 3.63) is 58.9 Å². The lowest BCUT2D eigenvalue weighted by molar-refractivity contribution is -0.116. The molecule has 26 heavy (non-hydrogen) atoms. The van der Waals surface area contributed by atoms with E-state index in [-0.39, 0.29) is 24.3 Å². The number of benzene rings is 2. The molecule has 0 atom stereocenters. The van der Waals surface area contributed by atoms with E-state index in [9.17, 15) is 18.4 Å². The van der Waals surface area contributed by atoms with Crippen LogP contribution in [0.2, 0.25) is 0 Å². The molecule has 0 spiro atoms. The van der Waals surface area contributed by atoms with Gasteiger partial charge in [-0.15, -0.1) is 5.10 Å². The number of aromatic nitrogens is 3. The molecule has 0 fully saturated rings. The fraction of sp³-hybridized carbons (Fsp3) is 0.176. The topological polar surface area (TPSA) is 86.1 Å². The Labute approximate surface area is 146 Å². The van der Waals surface area contributed by atoms with E-state index in [1.54, 1.807) is 24.3 Å². The molecule has 0 aliphatic carbocycles. The number of hydrogen-bond acceptors (Lipinski definition) is 5. The zero-order valence-electron chi connectivity index (χ0n) is 13.4. The van der Waals surface area contributed by atoms with Gasteiger partial charge in [-0.2, -0.15) is 8.78 Å². The summed E-state index contributed by atoms with van der Waals surface area (Å²) in [6.07, 6.45) is -0.0349. The van der Waals surface area contributed by atoms with Crippen molar-refractivity contribution in [2.24, 2.45) is 0 Å². The average Bonchev–Trinajstić information content (AvgIpc) is 2.61. The quantitative estimate of drug-likeness (QED) is 0.730. The van der Waals surface area contributed by atoms with Crippen molar-refractivity contribution in [2.75, 3.05) is 5.32 Å². The Morgan fingerprint density at radius 3 is 2.81 bits per heavy atom. The Kier molecular flexibility index (Phi) is 5.16. The number of ether oxygens (including phenoxy) is 1. The van der Waals surface area contributed by atoms with E-state index in [4.69, 9.17) is 0 Å². The number of halogens is 2. The molecular weight excluding hydrogens is 346 g/mol. The largest absolute Gasteiger partial charge is 0.435 e. The summed E-state index contributed by atoms with van der Waals surface area (Å²) in [6.45, 7) is -2.91. The first-order valence-corrected chi connectivity index (χ1v) is 7.70. The van der Waals surface area contributed by atoms with Gasteiger partial charge in [0.15, 0.2) is 0 Å². The first-order chi connectivity index (χ1) is 12.5. The third-order valence-electron chi connectivity index (χ3n) is 3.52. The maximum absolute atomic E-state index is 12.3. The van der Waals surface area contributed by atoms with Gasteiger partial charge in [0.1, 0.15) is 11.3 Å². The van der Waals surface area contributed by atoms with E-state index >= 15 is 0 Å². The summed E-state index contributed by atoms with van der Waals surface area (Å²) in [4.78, 5) is 24.3. The molecule has 3 rings (SSSR count). The van der Waals surface area contributed by atoms with Gasteiger partial charge in [-0.1, -0.05) is 23.4 Å². The molecule has 0 radical (unpaired) electrons. The van der Waals surface area contributed by atoms with Gasteiger partial charge in [0.25, 0.3) is 5.56 Å². The molecule has 2 aromatic carbocycles. The van der Waals surface area contributed by atoms with Crippen LogP contribution in [0.3, 0.4) is 0 Å². The van der Waals surface area contributed by atoms with Crippen LogP contribution in [0.1, 0.15) is 6.42 Å². The lowest BCUT2D eigenvalue weighted by Crippen LogP contribution is -2.26. The monoisotopic (exact) mass is 360 g/mol. The molecule has 0 bridgehead atoms. The molecule has 0 saturated heterocycles. The summed E-state index contributed by atoms with van der Waals surface area (Å²) in [6, 6.07) is 12.4. The maximum atomic E-state index is 12.3. The first kappa shape index (κ1) is 17.5. The number of hydrogen-bond donors (Lipinski definition) is 1. The predicted molar refractivity (Wildman–Crippen MR) is 90.1 cm³/mol. The van der Waals surface area contributed by atoms with Gasteiger partial charge >= 0.3 is 6.61 Å². The lowest BCUT2D eigenvalue weighted by Gasteiger charge is -2.09. The third-order valence-corrected chi connectivity index (χ3v) is 3.52. The Morgan fingerprint density at radius 2 is 2.00 bits per heavy atom. The normalized spacial score (nSPS) is 10.9. The molecular formula is C17H14F2N4O3. The number of amides is 1. The maximum Gasteiger partial charge on any atom is 0.387 e. The zero-order chi connectivity index (χ0) is 18.5. The van der Waals surface area contributed by atoms with Crippen LogP contribution in [-0.2, 0) is 11.3 Å². The molecule has 7 nitrogen and oxygen atoms in total. The van der Waals surface area contributed by atoms with E-state index in [0.29, 0.717) is 16.6 Å². The minimum absolute atomic E-state index is 0.0349. The number of fused-ring (bicyclic) bond motifs is 1. The fourth-order valence-corrected chi connectivity index (χ4v) is 2.35. The number of nitrogens with zero attached hydrogens (tertiary/aromatic N) is 3. The smallest absolute Gasteiger partial charge is 0.387 e. The number of aryl methyl sites for hydroxylation is 1. The predicted octanol–water partition coefficient (Wildman–Crippen LogP) is 2.42. The lowest BCUT2D eigenvalue weighted by atomic mass is 10.2. The number of alkyl halides is 2. The highest BCUT2D eigenvalue weighted by Gasteiger charge is 2.09. The third kappa shape index (κ3) is 4.18. The highest BCUT2D eigenvalue weighted by Crippen LogP contribution is 2.19. The van der Waals surface area contributed by atoms with Crippen molar-refractivity contribution in [1.29, 1.82) is 0 Å². The fourth-order valence-electron chi connectivity index (χ4n) is 2.35. The summed E-state index contributed by atoms with van der Waals surface area (Å²) in [5.41, 5.74) is 0.454. The Bertz CT molecular complexity index is 991. The van der Waals surface area contributed by atoms with Crippen LogP contribution in [-0.4, -0.2) is 27.5 Å². The summed E-state index contributed by atoms with van der Waals surface area (Å²) in [7, 11) is 0. The van der Waals surface area contributed by atoms with Crippen molar-refractivity contribution in [1.82, 2.24) is 15.0 Å². The second kappa shape index (κ2) is 7.68. The molecule has 0 aliphatic heterocycles. The van der Waals surface area contributed by atoms with Crippen molar-refractivity contribution in [2.45, 2.75) is 19.6 Å². The van der Waals surface area contributed by atoms with Crippen LogP contribution in [0.4, 0.5) is 14.5 Å². The van der Waals surface area contributed by atoms with Gasteiger partial charge in [0.05, 0.1) is 11.9 Å². The van der Waals surface area contributed by atoms with Crippen LogP contribution in [0.25, 0.3) is 10.9 Å². The van der Waals surface area contributed by atoms with Gasteiger partial charge in [-0.05, 0) is 24.3 Å². The molecule has 0 aliphatic rings. The molecule has 1 aromatic heterocycles. The average molecular weight is 360 g/mol. The van der Waals surface area contributed by atoms with Crippen LogP contribution in [0, 0.1) is 0 Å². The first-order valence-electron chi connectivity index (χ1n) is 7.70. The van der Waals surface area contributed by atoms with Crippen LogP contribution >= 0.6 is 0 Å². The molecule has 0 saturated carbocycles. The molecule has 1 amide bonds. The van der Waals surface area contributed by atoms with Gasteiger partial charge in [0.2, 0.25) is 5.91 Å². The van der Waals surface area contributed by atoms with Gasteiger partial charge in [0, 0.05) is 18.2 Å². The molecule has 134 valence electrons. The molecule has 1 N–H and O–H groups in total.